The number of aromatic nitrogens is 1. The van der Waals surface area contributed by atoms with Gasteiger partial charge in [-0.15, -0.1) is 0 Å². The summed E-state index contributed by atoms with van der Waals surface area (Å²) < 4.78 is 5.32. The number of nitrogens with one attached hydrogen (secondary N) is 1. The van der Waals surface area contributed by atoms with Gasteiger partial charge < -0.3 is 10.1 Å². The van der Waals surface area contributed by atoms with E-state index in [9.17, 15) is 0 Å². The normalized spacial score (nSPS) is 14.2. The van der Waals surface area contributed by atoms with E-state index in [1.54, 1.807) is 13.3 Å². The number of ether oxygens (including phenoxy) is 1. The fraction of sp³-hybridized carbons (Fsp3) is 0.312. The van der Waals surface area contributed by atoms with Crippen molar-refractivity contribution in [2.75, 3.05) is 12.4 Å². The molecule has 3 heteroatoms. The quantitative estimate of drug-likeness (QED) is 0.885. The number of benzene rings is 1. The average molecular weight is 254 g/mol. The highest BCUT2D eigenvalue weighted by atomic mass is 16.5. The van der Waals surface area contributed by atoms with Crippen molar-refractivity contribution < 1.29 is 4.74 Å². The zero-order valence-corrected chi connectivity index (χ0v) is 11.1. The first-order valence-electron chi connectivity index (χ1n) is 6.67. The van der Waals surface area contributed by atoms with Crippen LogP contribution in [0.3, 0.4) is 0 Å². The summed E-state index contributed by atoms with van der Waals surface area (Å²) in [4.78, 5) is 4.11. The molecule has 0 bridgehead atoms. The lowest BCUT2D eigenvalue weighted by atomic mass is 10.0. The molecule has 3 rings (SSSR count). The molecular formula is C16H18N2O. The maximum absolute atomic E-state index is 5.32. The Morgan fingerprint density at radius 2 is 2.21 bits per heavy atom. The summed E-state index contributed by atoms with van der Waals surface area (Å²) in [5.41, 5.74) is 3.83. The summed E-state index contributed by atoms with van der Waals surface area (Å²) in [5, 5.41) is 3.42. The van der Waals surface area contributed by atoms with E-state index < -0.39 is 0 Å². The molecule has 1 N–H and O–H groups in total. The minimum absolute atomic E-state index is 0.747. The number of hydrogen-bond acceptors (Lipinski definition) is 3. The molecule has 19 heavy (non-hydrogen) atoms. The largest absolute Gasteiger partial charge is 0.497 e. The van der Waals surface area contributed by atoms with Gasteiger partial charge >= 0.3 is 0 Å². The van der Waals surface area contributed by atoms with E-state index in [0.717, 1.165) is 23.9 Å². The van der Waals surface area contributed by atoms with E-state index in [-0.39, 0.29) is 0 Å². The Labute approximate surface area is 113 Å². The molecule has 98 valence electrons. The molecule has 0 aliphatic heterocycles. The van der Waals surface area contributed by atoms with Crippen LogP contribution in [0.25, 0.3) is 0 Å². The third kappa shape index (κ3) is 2.87. The molecule has 0 spiro atoms. The first kappa shape index (κ1) is 12.0. The minimum atomic E-state index is 0.747. The lowest BCUT2D eigenvalue weighted by Gasteiger charge is -2.12. The van der Waals surface area contributed by atoms with Crippen LogP contribution in [0.4, 0.5) is 5.69 Å². The zero-order valence-electron chi connectivity index (χ0n) is 11.1. The summed E-state index contributed by atoms with van der Waals surface area (Å²) in [6.07, 6.45) is 6.25. The molecule has 1 saturated carbocycles. The van der Waals surface area contributed by atoms with Gasteiger partial charge in [0, 0.05) is 18.9 Å². The highest BCUT2D eigenvalue weighted by Crippen LogP contribution is 2.42. The van der Waals surface area contributed by atoms with Gasteiger partial charge in [0.25, 0.3) is 0 Å². The summed E-state index contributed by atoms with van der Waals surface area (Å²) in [6.45, 7) is 0.814. The van der Waals surface area contributed by atoms with E-state index in [0.29, 0.717) is 0 Å². The van der Waals surface area contributed by atoms with Gasteiger partial charge in [-0.1, -0.05) is 6.07 Å². The Bertz CT molecular complexity index is 550. The molecule has 3 nitrogen and oxygen atoms in total. The first-order chi connectivity index (χ1) is 9.36. The molecule has 1 aliphatic carbocycles. The van der Waals surface area contributed by atoms with Crippen LogP contribution in [-0.2, 0) is 6.54 Å². The molecule has 0 radical (unpaired) electrons. The number of anilines is 1. The molecule has 1 aromatic heterocycles. The van der Waals surface area contributed by atoms with E-state index in [1.165, 1.54) is 24.0 Å². The van der Waals surface area contributed by atoms with Crippen LogP contribution >= 0.6 is 0 Å². The zero-order chi connectivity index (χ0) is 13.1. The molecule has 0 saturated heterocycles. The fourth-order valence-electron chi connectivity index (χ4n) is 2.32. The van der Waals surface area contributed by atoms with Crippen LogP contribution in [0.2, 0.25) is 0 Å². The highest BCUT2D eigenvalue weighted by Gasteiger charge is 2.25. The molecule has 1 heterocycles. The topological polar surface area (TPSA) is 34.1 Å². The smallest absolute Gasteiger partial charge is 0.119 e. The number of nitrogens with zero attached hydrogens (tertiary/aromatic N) is 1. The Morgan fingerprint density at radius 1 is 1.32 bits per heavy atom. The van der Waals surface area contributed by atoms with Gasteiger partial charge in [0.2, 0.25) is 0 Å². The van der Waals surface area contributed by atoms with Crippen molar-refractivity contribution in [1.29, 1.82) is 0 Å². The number of methoxy groups -OCH3 is 1. The lowest BCUT2D eigenvalue weighted by Crippen LogP contribution is -2.03. The van der Waals surface area contributed by atoms with Gasteiger partial charge in [-0.3, -0.25) is 4.98 Å². The van der Waals surface area contributed by atoms with Gasteiger partial charge in [-0.2, -0.15) is 0 Å². The van der Waals surface area contributed by atoms with Gasteiger partial charge in [-0.25, -0.2) is 0 Å². The van der Waals surface area contributed by atoms with Crippen molar-refractivity contribution in [3.63, 3.8) is 0 Å². The number of hydrogen-bond donors (Lipinski definition) is 1. The van der Waals surface area contributed by atoms with Gasteiger partial charge in [0.15, 0.2) is 0 Å². The molecule has 1 fully saturated rings. The monoisotopic (exact) mass is 254 g/mol. The number of rotatable bonds is 5. The average Bonchev–Trinajstić information content (AvgIpc) is 3.30. The molecule has 2 aromatic rings. The standard InChI is InChI=1S/C16H18N2O/c1-19-15-6-7-16(12-4-5-12)13(9-15)10-18-14-3-2-8-17-11-14/h2-3,6-9,11-12,18H,4-5,10H2,1H3. The molecule has 0 unspecified atom stereocenters. The van der Waals surface area contributed by atoms with Gasteiger partial charge in [-0.05, 0) is 54.2 Å². The van der Waals surface area contributed by atoms with Crippen molar-refractivity contribution in [3.8, 4) is 5.75 Å². The van der Waals surface area contributed by atoms with E-state index >= 15 is 0 Å². The number of pyridine rings is 1. The Kier molecular flexibility index (Phi) is 3.36. The third-order valence-electron chi connectivity index (χ3n) is 3.51. The maximum Gasteiger partial charge on any atom is 0.119 e. The van der Waals surface area contributed by atoms with Crippen molar-refractivity contribution in [3.05, 3.63) is 53.9 Å². The Hall–Kier alpha value is -2.03. The van der Waals surface area contributed by atoms with Gasteiger partial charge in [0.1, 0.15) is 5.75 Å². The van der Waals surface area contributed by atoms with Crippen LogP contribution in [-0.4, -0.2) is 12.1 Å². The minimum Gasteiger partial charge on any atom is -0.497 e. The van der Waals surface area contributed by atoms with Crippen molar-refractivity contribution in [2.24, 2.45) is 0 Å². The molecule has 0 atom stereocenters. The second-order valence-electron chi connectivity index (χ2n) is 4.93. The van der Waals surface area contributed by atoms with E-state index in [2.05, 4.69) is 28.5 Å². The second kappa shape index (κ2) is 5.31. The third-order valence-corrected chi connectivity index (χ3v) is 3.51. The van der Waals surface area contributed by atoms with Crippen LogP contribution in [0.5, 0.6) is 5.75 Å². The summed E-state index contributed by atoms with van der Waals surface area (Å²) >= 11 is 0. The van der Waals surface area contributed by atoms with E-state index in [1.807, 2.05) is 18.3 Å². The summed E-state index contributed by atoms with van der Waals surface area (Å²) in [7, 11) is 1.71. The fourth-order valence-corrected chi connectivity index (χ4v) is 2.32. The first-order valence-corrected chi connectivity index (χ1v) is 6.67. The maximum atomic E-state index is 5.32. The predicted octanol–water partition coefficient (Wildman–Crippen LogP) is 3.58. The summed E-state index contributed by atoms with van der Waals surface area (Å²) in [5.74, 6) is 1.67. The predicted molar refractivity (Wildman–Crippen MR) is 76.5 cm³/mol. The van der Waals surface area contributed by atoms with Gasteiger partial charge in [0.05, 0.1) is 12.8 Å². The SMILES string of the molecule is COc1ccc(C2CC2)c(CNc2cccnc2)c1. The Balaban J connectivity index is 1.78. The van der Waals surface area contributed by atoms with Crippen LogP contribution in [0.15, 0.2) is 42.7 Å². The second-order valence-corrected chi connectivity index (χ2v) is 4.93. The molecule has 1 aromatic carbocycles. The van der Waals surface area contributed by atoms with Crippen molar-refractivity contribution in [2.45, 2.75) is 25.3 Å². The lowest BCUT2D eigenvalue weighted by molar-refractivity contribution is 0.414. The van der Waals surface area contributed by atoms with Crippen molar-refractivity contribution in [1.82, 2.24) is 4.98 Å². The van der Waals surface area contributed by atoms with E-state index in [4.69, 9.17) is 4.74 Å². The molecular weight excluding hydrogens is 236 g/mol. The van der Waals surface area contributed by atoms with Crippen LogP contribution in [0.1, 0.15) is 29.9 Å². The van der Waals surface area contributed by atoms with Crippen LogP contribution < -0.4 is 10.1 Å². The highest BCUT2D eigenvalue weighted by molar-refractivity contribution is 5.45. The van der Waals surface area contributed by atoms with Crippen molar-refractivity contribution >= 4 is 5.69 Å². The summed E-state index contributed by atoms with van der Waals surface area (Å²) in [6, 6.07) is 10.4. The molecule has 1 aliphatic rings. The molecule has 0 amide bonds. The Morgan fingerprint density at radius 3 is 2.89 bits per heavy atom. The van der Waals surface area contributed by atoms with Crippen LogP contribution in [0, 0.1) is 0 Å².